The van der Waals surface area contributed by atoms with Crippen molar-refractivity contribution in [3.63, 3.8) is 0 Å². The Morgan fingerprint density at radius 3 is 2.55 bits per heavy atom. The number of nitrogens with zero attached hydrogens (tertiary/aromatic N) is 2. The van der Waals surface area contributed by atoms with E-state index in [9.17, 15) is 19.8 Å². The molecule has 2 heterocycles. The summed E-state index contributed by atoms with van der Waals surface area (Å²) in [7, 11) is 0. The van der Waals surface area contributed by atoms with E-state index in [-0.39, 0.29) is 12.2 Å². The number of aliphatic hydroxyl groups excluding tert-OH is 1. The maximum absolute atomic E-state index is 12.2. The summed E-state index contributed by atoms with van der Waals surface area (Å²) in [5.74, 6) is -2.09. The van der Waals surface area contributed by atoms with Gasteiger partial charge in [0, 0.05) is 19.6 Å². The van der Waals surface area contributed by atoms with E-state index in [0.29, 0.717) is 38.0 Å². The number of benzene rings is 1. The SMILES string of the molecule is O=C(O)c1cccc(CN2CC[C@H](O)[C@](CCCc3ccccc3)(C(=O)O)C2)n1. The van der Waals surface area contributed by atoms with Gasteiger partial charge in [0.1, 0.15) is 11.1 Å². The molecule has 1 fully saturated rings. The van der Waals surface area contributed by atoms with Crippen LogP contribution in [0.5, 0.6) is 0 Å². The number of piperidine rings is 1. The van der Waals surface area contributed by atoms with Crippen molar-refractivity contribution in [1.82, 2.24) is 9.88 Å². The van der Waals surface area contributed by atoms with E-state index >= 15 is 0 Å². The Morgan fingerprint density at radius 2 is 1.86 bits per heavy atom. The van der Waals surface area contributed by atoms with Gasteiger partial charge in [0.25, 0.3) is 0 Å². The normalized spacial score (nSPS) is 22.3. The average Bonchev–Trinajstić information content (AvgIpc) is 2.71. The van der Waals surface area contributed by atoms with E-state index in [2.05, 4.69) is 4.98 Å². The first-order valence-electron chi connectivity index (χ1n) is 9.78. The molecule has 1 aromatic heterocycles. The van der Waals surface area contributed by atoms with Crippen LogP contribution in [0.4, 0.5) is 0 Å². The lowest BCUT2D eigenvalue weighted by Gasteiger charge is -2.43. The van der Waals surface area contributed by atoms with Gasteiger partial charge in [-0.05, 0) is 43.4 Å². The van der Waals surface area contributed by atoms with Crippen molar-refractivity contribution in [2.75, 3.05) is 13.1 Å². The van der Waals surface area contributed by atoms with Gasteiger partial charge in [-0.25, -0.2) is 9.78 Å². The fourth-order valence-corrected chi connectivity index (χ4v) is 4.03. The first-order chi connectivity index (χ1) is 13.9. The number of aliphatic hydroxyl groups is 1. The number of carbonyl (C=O) groups is 2. The predicted octanol–water partition coefficient (Wildman–Crippen LogP) is 2.44. The molecule has 3 N–H and O–H groups in total. The number of carboxylic acid groups (broad SMARTS) is 2. The molecule has 0 aliphatic carbocycles. The summed E-state index contributed by atoms with van der Waals surface area (Å²) in [5.41, 5.74) is 0.443. The van der Waals surface area contributed by atoms with Gasteiger partial charge in [-0.3, -0.25) is 9.69 Å². The number of aliphatic carboxylic acids is 1. The van der Waals surface area contributed by atoms with Crippen LogP contribution in [0.25, 0.3) is 0 Å². The van der Waals surface area contributed by atoms with Crippen molar-refractivity contribution in [3.8, 4) is 0 Å². The second-order valence-electron chi connectivity index (χ2n) is 7.63. The summed E-state index contributed by atoms with van der Waals surface area (Å²) in [6, 6.07) is 14.7. The fourth-order valence-electron chi connectivity index (χ4n) is 4.03. The molecule has 154 valence electrons. The van der Waals surface area contributed by atoms with Crippen molar-refractivity contribution in [3.05, 3.63) is 65.5 Å². The zero-order chi connectivity index (χ0) is 20.9. The summed E-state index contributed by atoms with van der Waals surface area (Å²) in [6.07, 6.45) is 1.23. The van der Waals surface area contributed by atoms with E-state index in [1.54, 1.807) is 12.1 Å². The molecule has 7 nitrogen and oxygen atoms in total. The van der Waals surface area contributed by atoms with Gasteiger partial charge in [-0.2, -0.15) is 0 Å². The van der Waals surface area contributed by atoms with Crippen molar-refractivity contribution in [2.45, 2.75) is 38.3 Å². The molecule has 2 atom stereocenters. The second-order valence-corrected chi connectivity index (χ2v) is 7.63. The zero-order valence-electron chi connectivity index (χ0n) is 16.2. The van der Waals surface area contributed by atoms with E-state index in [1.807, 2.05) is 35.2 Å². The Kier molecular flexibility index (Phi) is 6.61. The molecule has 1 aromatic carbocycles. The molecule has 7 heteroatoms. The number of aromatic nitrogens is 1. The zero-order valence-corrected chi connectivity index (χ0v) is 16.2. The second kappa shape index (κ2) is 9.15. The highest BCUT2D eigenvalue weighted by atomic mass is 16.4. The number of hydrogen-bond donors (Lipinski definition) is 3. The lowest BCUT2D eigenvalue weighted by molar-refractivity contribution is -0.164. The molecule has 0 bridgehead atoms. The van der Waals surface area contributed by atoms with Crippen LogP contribution >= 0.6 is 0 Å². The minimum absolute atomic E-state index is 0.0353. The van der Waals surface area contributed by atoms with E-state index in [0.717, 1.165) is 12.0 Å². The Hall–Kier alpha value is -2.77. The third-order valence-electron chi connectivity index (χ3n) is 5.63. The largest absolute Gasteiger partial charge is 0.481 e. The monoisotopic (exact) mass is 398 g/mol. The topological polar surface area (TPSA) is 111 Å². The van der Waals surface area contributed by atoms with Crippen LogP contribution in [-0.4, -0.2) is 56.3 Å². The van der Waals surface area contributed by atoms with Gasteiger partial charge >= 0.3 is 11.9 Å². The molecule has 0 saturated carbocycles. The van der Waals surface area contributed by atoms with Gasteiger partial charge in [-0.1, -0.05) is 36.4 Å². The molecule has 0 radical (unpaired) electrons. The lowest BCUT2D eigenvalue weighted by atomic mass is 9.73. The summed E-state index contributed by atoms with van der Waals surface area (Å²) in [6.45, 7) is 1.09. The van der Waals surface area contributed by atoms with Crippen LogP contribution in [0, 0.1) is 5.41 Å². The molecule has 1 aliphatic rings. The number of pyridine rings is 1. The number of aromatic carboxylic acids is 1. The van der Waals surface area contributed by atoms with Crippen LogP contribution in [0.2, 0.25) is 0 Å². The van der Waals surface area contributed by atoms with Gasteiger partial charge in [-0.15, -0.1) is 0 Å². The first-order valence-corrected chi connectivity index (χ1v) is 9.78. The Balaban J connectivity index is 1.70. The fraction of sp³-hybridized carbons (Fsp3) is 0.409. The number of aryl methyl sites for hydroxylation is 1. The Morgan fingerprint density at radius 1 is 1.10 bits per heavy atom. The third kappa shape index (κ3) is 4.99. The predicted molar refractivity (Wildman–Crippen MR) is 107 cm³/mol. The highest BCUT2D eigenvalue weighted by Gasteiger charge is 2.48. The van der Waals surface area contributed by atoms with Crippen LogP contribution in [0.15, 0.2) is 48.5 Å². The third-order valence-corrected chi connectivity index (χ3v) is 5.63. The van der Waals surface area contributed by atoms with Gasteiger partial charge in [0.2, 0.25) is 0 Å². The molecular formula is C22H26N2O5. The highest BCUT2D eigenvalue weighted by molar-refractivity contribution is 5.85. The van der Waals surface area contributed by atoms with Crippen LogP contribution in [0.3, 0.4) is 0 Å². The van der Waals surface area contributed by atoms with Crippen molar-refractivity contribution >= 4 is 11.9 Å². The molecule has 0 spiro atoms. The van der Waals surface area contributed by atoms with Gasteiger partial charge < -0.3 is 15.3 Å². The maximum atomic E-state index is 12.2. The standard InChI is InChI=1S/C22H26N2O5/c25-19-11-13-24(14-17-9-4-10-18(23-17)20(26)27)15-22(19,21(28)29)12-5-8-16-6-2-1-3-7-16/h1-4,6-7,9-10,19,25H,5,8,11-15H2,(H,26,27)(H,28,29)/t19-,22+/m0/s1. The summed E-state index contributed by atoms with van der Waals surface area (Å²) < 4.78 is 0. The summed E-state index contributed by atoms with van der Waals surface area (Å²) in [4.78, 5) is 29.4. The molecule has 1 aliphatic heterocycles. The molecule has 2 aromatic rings. The maximum Gasteiger partial charge on any atom is 0.354 e. The minimum atomic E-state index is -1.24. The van der Waals surface area contributed by atoms with E-state index in [1.165, 1.54) is 6.07 Å². The van der Waals surface area contributed by atoms with E-state index < -0.39 is 23.5 Å². The number of rotatable bonds is 8. The number of hydrogen-bond acceptors (Lipinski definition) is 5. The first kappa shape index (κ1) is 21.0. The highest BCUT2D eigenvalue weighted by Crippen LogP contribution is 2.36. The molecule has 3 rings (SSSR count). The Labute approximate surface area is 169 Å². The van der Waals surface area contributed by atoms with Crippen LogP contribution in [0.1, 0.15) is 41.0 Å². The van der Waals surface area contributed by atoms with E-state index in [4.69, 9.17) is 5.11 Å². The Bertz CT molecular complexity index is 857. The van der Waals surface area contributed by atoms with Crippen LogP contribution < -0.4 is 0 Å². The molecule has 0 unspecified atom stereocenters. The molecule has 0 amide bonds. The quantitative estimate of drug-likeness (QED) is 0.626. The minimum Gasteiger partial charge on any atom is -0.481 e. The van der Waals surface area contributed by atoms with Crippen molar-refractivity contribution in [1.29, 1.82) is 0 Å². The van der Waals surface area contributed by atoms with Crippen molar-refractivity contribution in [2.24, 2.45) is 5.41 Å². The van der Waals surface area contributed by atoms with Crippen LogP contribution in [-0.2, 0) is 17.8 Å². The summed E-state index contributed by atoms with van der Waals surface area (Å²) >= 11 is 0. The molecule has 29 heavy (non-hydrogen) atoms. The number of likely N-dealkylation sites (tertiary alicyclic amines) is 1. The lowest BCUT2D eigenvalue weighted by Crippen LogP contribution is -2.55. The van der Waals surface area contributed by atoms with Gasteiger partial charge in [0.15, 0.2) is 0 Å². The molecular weight excluding hydrogens is 372 g/mol. The smallest absolute Gasteiger partial charge is 0.354 e. The number of carboxylic acids is 2. The molecule has 1 saturated heterocycles. The van der Waals surface area contributed by atoms with Crippen molar-refractivity contribution < 1.29 is 24.9 Å². The summed E-state index contributed by atoms with van der Waals surface area (Å²) in [5, 5.41) is 29.7. The van der Waals surface area contributed by atoms with Gasteiger partial charge in [0.05, 0.1) is 11.8 Å². The average molecular weight is 398 g/mol.